The fourth-order valence-corrected chi connectivity index (χ4v) is 1.78. The van der Waals surface area contributed by atoms with Gasteiger partial charge >= 0.3 is 0 Å². The van der Waals surface area contributed by atoms with Crippen molar-refractivity contribution in [1.29, 1.82) is 0 Å². The van der Waals surface area contributed by atoms with Crippen LogP contribution in [0.25, 0.3) is 0 Å². The molecule has 100 valence electrons. The molecule has 0 aliphatic heterocycles. The summed E-state index contributed by atoms with van der Waals surface area (Å²) < 4.78 is 13.2. The van der Waals surface area contributed by atoms with E-state index < -0.39 is 23.3 Å². The molecular formula is C13H19FN2O2. The molecule has 0 saturated carbocycles. The van der Waals surface area contributed by atoms with Gasteiger partial charge in [-0.25, -0.2) is 4.39 Å². The number of carbonyl (C=O) groups is 1. The summed E-state index contributed by atoms with van der Waals surface area (Å²) in [6, 6.07) is 3.32. The van der Waals surface area contributed by atoms with Gasteiger partial charge in [-0.05, 0) is 38.5 Å². The average Bonchev–Trinajstić information content (AvgIpc) is 2.31. The predicted molar refractivity (Wildman–Crippen MR) is 67.5 cm³/mol. The van der Waals surface area contributed by atoms with Crippen molar-refractivity contribution >= 4 is 5.91 Å². The first kappa shape index (κ1) is 14.4. The van der Waals surface area contributed by atoms with Crippen molar-refractivity contribution < 1.29 is 14.3 Å². The van der Waals surface area contributed by atoms with Crippen LogP contribution in [-0.2, 0) is 4.79 Å². The quantitative estimate of drug-likeness (QED) is 0.750. The zero-order valence-corrected chi connectivity index (χ0v) is 10.8. The average molecular weight is 254 g/mol. The molecule has 4 nitrogen and oxygen atoms in total. The van der Waals surface area contributed by atoms with Gasteiger partial charge in [-0.1, -0.05) is 6.92 Å². The number of aromatic hydroxyl groups is 1. The molecule has 0 aliphatic rings. The molecule has 0 heterocycles. The van der Waals surface area contributed by atoms with Gasteiger partial charge < -0.3 is 10.8 Å². The van der Waals surface area contributed by atoms with Gasteiger partial charge in [-0.15, -0.1) is 0 Å². The summed E-state index contributed by atoms with van der Waals surface area (Å²) in [7, 11) is 0. The molecule has 1 aromatic rings. The zero-order valence-electron chi connectivity index (χ0n) is 10.8. The predicted octanol–water partition coefficient (Wildman–Crippen LogP) is 1.84. The van der Waals surface area contributed by atoms with E-state index >= 15 is 0 Å². The maximum atomic E-state index is 13.2. The molecule has 18 heavy (non-hydrogen) atoms. The summed E-state index contributed by atoms with van der Waals surface area (Å²) >= 11 is 0. The Bertz CT molecular complexity index is 451. The Morgan fingerprint density at radius 2 is 2.22 bits per heavy atom. The van der Waals surface area contributed by atoms with E-state index in [0.29, 0.717) is 12.0 Å². The van der Waals surface area contributed by atoms with E-state index in [2.05, 4.69) is 5.32 Å². The number of benzene rings is 1. The van der Waals surface area contributed by atoms with Crippen LogP contribution in [0.3, 0.4) is 0 Å². The number of phenolic OH excluding ortho intramolecular Hbond substituents is 1. The second-order valence-corrected chi connectivity index (χ2v) is 4.62. The van der Waals surface area contributed by atoms with Crippen molar-refractivity contribution in [3.63, 3.8) is 0 Å². The van der Waals surface area contributed by atoms with E-state index in [0.717, 1.165) is 0 Å². The van der Waals surface area contributed by atoms with Gasteiger partial charge in [0, 0.05) is 11.6 Å². The van der Waals surface area contributed by atoms with Crippen LogP contribution in [0.1, 0.15) is 38.8 Å². The molecule has 1 amide bonds. The van der Waals surface area contributed by atoms with Crippen molar-refractivity contribution in [3.05, 3.63) is 29.6 Å². The van der Waals surface area contributed by atoms with E-state index in [1.807, 2.05) is 6.92 Å². The third kappa shape index (κ3) is 2.98. The zero-order chi connectivity index (χ0) is 13.9. The fourth-order valence-electron chi connectivity index (χ4n) is 1.78. The van der Waals surface area contributed by atoms with Crippen LogP contribution in [0.4, 0.5) is 4.39 Å². The first-order chi connectivity index (χ1) is 8.30. The minimum Gasteiger partial charge on any atom is -0.508 e. The molecule has 1 rings (SSSR count). The lowest BCUT2D eigenvalue weighted by molar-refractivity contribution is -0.124. The third-order valence-electron chi connectivity index (χ3n) is 3.24. The van der Waals surface area contributed by atoms with Gasteiger partial charge in [0.25, 0.3) is 0 Å². The first-order valence-corrected chi connectivity index (χ1v) is 5.86. The van der Waals surface area contributed by atoms with E-state index in [-0.39, 0.29) is 5.75 Å². The highest BCUT2D eigenvalue weighted by molar-refractivity contribution is 5.84. The molecule has 5 heteroatoms. The second kappa shape index (κ2) is 5.35. The van der Waals surface area contributed by atoms with Crippen molar-refractivity contribution in [2.45, 2.75) is 38.8 Å². The van der Waals surface area contributed by atoms with Gasteiger partial charge in [0.05, 0.1) is 5.54 Å². The van der Waals surface area contributed by atoms with Gasteiger partial charge in [0.1, 0.15) is 11.6 Å². The Morgan fingerprint density at radius 3 is 2.72 bits per heavy atom. The maximum Gasteiger partial charge on any atom is 0.237 e. The number of nitrogens with one attached hydrogen (secondary N) is 1. The number of carbonyl (C=O) groups excluding carboxylic acids is 1. The molecule has 0 fully saturated rings. The van der Waals surface area contributed by atoms with Gasteiger partial charge in [-0.3, -0.25) is 10.1 Å². The van der Waals surface area contributed by atoms with Crippen LogP contribution in [0, 0.1) is 5.82 Å². The Morgan fingerprint density at radius 1 is 1.61 bits per heavy atom. The summed E-state index contributed by atoms with van der Waals surface area (Å²) in [4.78, 5) is 11.4. The van der Waals surface area contributed by atoms with Crippen molar-refractivity contribution in [2.24, 2.45) is 5.73 Å². The molecule has 4 N–H and O–H groups in total. The molecule has 0 aliphatic carbocycles. The minimum absolute atomic E-state index is 0.0145. The van der Waals surface area contributed by atoms with Crippen LogP contribution in [-0.4, -0.2) is 16.6 Å². The van der Waals surface area contributed by atoms with Crippen molar-refractivity contribution in [3.8, 4) is 5.75 Å². The molecule has 0 spiro atoms. The number of amides is 1. The monoisotopic (exact) mass is 254 g/mol. The Hall–Kier alpha value is -1.62. The fraction of sp³-hybridized carbons (Fsp3) is 0.462. The Kier molecular flexibility index (Phi) is 4.29. The molecule has 2 unspecified atom stereocenters. The molecule has 2 atom stereocenters. The van der Waals surface area contributed by atoms with Gasteiger partial charge in [0.15, 0.2) is 0 Å². The van der Waals surface area contributed by atoms with Crippen LogP contribution in [0.15, 0.2) is 18.2 Å². The number of hydrogen-bond donors (Lipinski definition) is 3. The number of nitrogens with two attached hydrogens (primary N) is 1. The van der Waals surface area contributed by atoms with Gasteiger partial charge in [-0.2, -0.15) is 0 Å². The Balaban J connectivity index is 2.97. The van der Waals surface area contributed by atoms with Crippen LogP contribution < -0.4 is 11.1 Å². The standard InChI is InChI=1S/C13H19FN2O2/c1-4-13(3,12(15)18)16-8(2)10-7-9(14)5-6-11(10)17/h5-8,16-17H,4H2,1-3H3,(H2,15,18). The number of halogens is 1. The van der Waals surface area contributed by atoms with E-state index in [1.165, 1.54) is 18.2 Å². The maximum absolute atomic E-state index is 13.2. The van der Waals surface area contributed by atoms with Crippen molar-refractivity contribution in [2.75, 3.05) is 0 Å². The largest absolute Gasteiger partial charge is 0.508 e. The number of hydrogen-bond acceptors (Lipinski definition) is 3. The number of rotatable bonds is 5. The molecule has 0 bridgehead atoms. The highest BCUT2D eigenvalue weighted by Crippen LogP contribution is 2.27. The SMILES string of the molecule is CCC(C)(NC(C)c1cc(F)ccc1O)C(N)=O. The molecule has 0 aromatic heterocycles. The molecule has 0 saturated heterocycles. The number of primary amides is 1. The summed E-state index contributed by atoms with van der Waals surface area (Å²) in [5.41, 5.74) is 4.85. The van der Waals surface area contributed by atoms with E-state index in [1.54, 1.807) is 13.8 Å². The van der Waals surface area contributed by atoms with Crippen LogP contribution in [0.5, 0.6) is 5.75 Å². The summed E-state index contributed by atoms with van der Waals surface area (Å²) in [6.07, 6.45) is 0.503. The highest BCUT2D eigenvalue weighted by Gasteiger charge is 2.31. The van der Waals surface area contributed by atoms with Crippen LogP contribution in [0.2, 0.25) is 0 Å². The summed E-state index contributed by atoms with van der Waals surface area (Å²) in [5, 5.41) is 12.7. The molecule has 1 aromatic carbocycles. The third-order valence-corrected chi connectivity index (χ3v) is 3.24. The van der Waals surface area contributed by atoms with E-state index in [4.69, 9.17) is 5.73 Å². The summed E-state index contributed by atoms with van der Waals surface area (Å²) in [5.74, 6) is -0.930. The Labute approximate surface area is 106 Å². The van der Waals surface area contributed by atoms with Crippen molar-refractivity contribution in [1.82, 2.24) is 5.32 Å². The lowest BCUT2D eigenvalue weighted by Crippen LogP contribution is -2.53. The smallest absolute Gasteiger partial charge is 0.237 e. The summed E-state index contributed by atoms with van der Waals surface area (Å²) in [6.45, 7) is 5.25. The lowest BCUT2D eigenvalue weighted by Gasteiger charge is -2.30. The lowest BCUT2D eigenvalue weighted by atomic mass is 9.95. The number of phenols is 1. The van der Waals surface area contributed by atoms with Crippen LogP contribution >= 0.6 is 0 Å². The second-order valence-electron chi connectivity index (χ2n) is 4.62. The normalized spacial score (nSPS) is 16.0. The first-order valence-electron chi connectivity index (χ1n) is 5.86. The molecule has 0 radical (unpaired) electrons. The highest BCUT2D eigenvalue weighted by atomic mass is 19.1. The minimum atomic E-state index is -0.891. The molecular weight excluding hydrogens is 235 g/mol. The topological polar surface area (TPSA) is 75.3 Å². The van der Waals surface area contributed by atoms with E-state index in [9.17, 15) is 14.3 Å². The van der Waals surface area contributed by atoms with Gasteiger partial charge in [0.2, 0.25) is 5.91 Å².